The molecule has 7 nitrogen and oxygen atoms in total. The van der Waals surface area contributed by atoms with Crippen molar-refractivity contribution in [3.8, 4) is 5.75 Å². The molecule has 0 unspecified atom stereocenters. The number of halogens is 1. The Bertz CT molecular complexity index is 1060. The molecular formula is C24H23FN2O5. The number of hydrogen-bond acceptors (Lipinski definition) is 5. The van der Waals surface area contributed by atoms with E-state index in [0.717, 1.165) is 5.56 Å². The molecule has 32 heavy (non-hydrogen) atoms. The number of carbonyl (C=O) groups excluding carboxylic acids is 2. The zero-order valence-electron chi connectivity index (χ0n) is 17.4. The van der Waals surface area contributed by atoms with Crippen LogP contribution in [0.5, 0.6) is 5.75 Å². The van der Waals surface area contributed by atoms with E-state index < -0.39 is 0 Å². The number of nitrogens with one attached hydrogen (secondary N) is 1. The van der Waals surface area contributed by atoms with Crippen molar-refractivity contribution in [2.24, 2.45) is 0 Å². The van der Waals surface area contributed by atoms with Crippen molar-refractivity contribution in [2.45, 2.75) is 13.2 Å². The smallest absolute Gasteiger partial charge is 0.287 e. The number of nitrogens with zero attached hydrogens (tertiary/aromatic N) is 1. The number of benzene rings is 2. The van der Waals surface area contributed by atoms with Gasteiger partial charge >= 0.3 is 0 Å². The van der Waals surface area contributed by atoms with Crippen LogP contribution in [0.25, 0.3) is 0 Å². The molecule has 1 saturated heterocycles. The minimum atomic E-state index is -0.355. The molecule has 1 aliphatic rings. The first kappa shape index (κ1) is 21.6. The number of rotatable bonds is 7. The van der Waals surface area contributed by atoms with E-state index in [-0.39, 0.29) is 30.0 Å². The van der Waals surface area contributed by atoms with Gasteiger partial charge < -0.3 is 24.1 Å². The molecule has 0 radical (unpaired) electrons. The van der Waals surface area contributed by atoms with Gasteiger partial charge in [-0.1, -0.05) is 12.1 Å². The van der Waals surface area contributed by atoms with E-state index in [1.165, 1.54) is 24.3 Å². The maximum atomic E-state index is 12.9. The summed E-state index contributed by atoms with van der Waals surface area (Å²) in [5, 5.41) is 2.79. The van der Waals surface area contributed by atoms with Crippen LogP contribution in [-0.2, 0) is 17.9 Å². The van der Waals surface area contributed by atoms with Crippen LogP contribution in [0, 0.1) is 5.82 Å². The predicted octanol–water partition coefficient (Wildman–Crippen LogP) is 3.40. The first-order valence-electron chi connectivity index (χ1n) is 10.3. The van der Waals surface area contributed by atoms with Crippen LogP contribution in [0.1, 0.15) is 32.2 Å². The number of hydrogen-bond donors (Lipinski definition) is 1. The van der Waals surface area contributed by atoms with Gasteiger partial charge in [0.15, 0.2) is 5.76 Å². The summed E-state index contributed by atoms with van der Waals surface area (Å²) in [6.07, 6.45) is 0. The van der Waals surface area contributed by atoms with Crippen molar-refractivity contribution >= 4 is 11.8 Å². The lowest BCUT2D eigenvalue weighted by atomic mass is 10.1. The molecule has 0 bridgehead atoms. The van der Waals surface area contributed by atoms with Crippen molar-refractivity contribution in [1.82, 2.24) is 10.2 Å². The minimum absolute atomic E-state index is 0.0187. The number of furan rings is 1. The Kier molecular flexibility index (Phi) is 6.81. The van der Waals surface area contributed by atoms with Gasteiger partial charge in [-0.25, -0.2) is 4.39 Å². The number of ether oxygens (including phenoxy) is 2. The molecule has 166 valence electrons. The molecular weight excluding hydrogens is 415 g/mol. The zero-order chi connectivity index (χ0) is 22.3. The molecule has 1 aliphatic heterocycles. The molecule has 0 atom stereocenters. The third kappa shape index (κ3) is 5.53. The Labute approximate surface area is 184 Å². The first-order valence-corrected chi connectivity index (χ1v) is 10.3. The zero-order valence-corrected chi connectivity index (χ0v) is 17.4. The van der Waals surface area contributed by atoms with Crippen molar-refractivity contribution in [1.29, 1.82) is 0 Å². The second-order valence-electron chi connectivity index (χ2n) is 7.29. The van der Waals surface area contributed by atoms with Crippen LogP contribution in [0.4, 0.5) is 4.39 Å². The largest absolute Gasteiger partial charge is 0.486 e. The lowest BCUT2D eigenvalue weighted by molar-refractivity contribution is 0.0303. The molecule has 3 aromatic rings. The van der Waals surface area contributed by atoms with Gasteiger partial charge in [0.05, 0.1) is 13.2 Å². The average molecular weight is 438 g/mol. The lowest BCUT2D eigenvalue weighted by Gasteiger charge is -2.26. The van der Waals surface area contributed by atoms with Crippen molar-refractivity contribution in [2.75, 3.05) is 26.3 Å². The summed E-state index contributed by atoms with van der Waals surface area (Å²) in [6, 6.07) is 16.0. The molecule has 1 fully saturated rings. The normalized spacial score (nSPS) is 13.6. The van der Waals surface area contributed by atoms with E-state index >= 15 is 0 Å². The summed E-state index contributed by atoms with van der Waals surface area (Å²) < 4.78 is 29.2. The summed E-state index contributed by atoms with van der Waals surface area (Å²) in [4.78, 5) is 26.6. The Morgan fingerprint density at radius 2 is 1.69 bits per heavy atom. The van der Waals surface area contributed by atoms with Gasteiger partial charge in [-0.2, -0.15) is 0 Å². The van der Waals surface area contributed by atoms with Gasteiger partial charge in [-0.15, -0.1) is 0 Å². The SMILES string of the molecule is O=C(NCc1ccc(C(=O)N2CCOCC2)cc1)c1ccc(COc2ccc(F)cc2)o1. The lowest BCUT2D eigenvalue weighted by Crippen LogP contribution is -2.40. The Morgan fingerprint density at radius 1 is 0.969 bits per heavy atom. The van der Waals surface area contributed by atoms with E-state index in [0.29, 0.717) is 49.9 Å². The summed E-state index contributed by atoms with van der Waals surface area (Å²) in [7, 11) is 0. The van der Waals surface area contributed by atoms with Gasteiger partial charge in [-0.3, -0.25) is 9.59 Å². The van der Waals surface area contributed by atoms with Crippen LogP contribution in [0.3, 0.4) is 0 Å². The van der Waals surface area contributed by atoms with Gasteiger partial charge in [-0.05, 0) is 54.1 Å². The topological polar surface area (TPSA) is 81.0 Å². The summed E-state index contributed by atoms with van der Waals surface area (Å²) >= 11 is 0. The van der Waals surface area contributed by atoms with E-state index in [1.807, 2.05) is 12.1 Å². The van der Waals surface area contributed by atoms with E-state index in [1.54, 1.807) is 29.2 Å². The van der Waals surface area contributed by atoms with Crippen LogP contribution >= 0.6 is 0 Å². The van der Waals surface area contributed by atoms with Crippen molar-refractivity contribution in [3.63, 3.8) is 0 Å². The standard InChI is InChI=1S/C24H23FN2O5/c25-19-5-7-20(8-6-19)31-16-21-9-10-22(32-21)23(28)26-15-17-1-3-18(4-2-17)24(29)27-11-13-30-14-12-27/h1-10H,11-16H2,(H,26,28). The van der Waals surface area contributed by atoms with Gasteiger partial charge in [0, 0.05) is 25.2 Å². The Balaban J connectivity index is 1.26. The minimum Gasteiger partial charge on any atom is -0.486 e. The van der Waals surface area contributed by atoms with E-state index in [4.69, 9.17) is 13.9 Å². The van der Waals surface area contributed by atoms with E-state index in [9.17, 15) is 14.0 Å². The number of amides is 2. The second-order valence-corrected chi connectivity index (χ2v) is 7.29. The molecule has 0 aliphatic carbocycles. The highest BCUT2D eigenvalue weighted by atomic mass is 19.1. The molecule has 2 heterocycles. The fourth-order valence-corrected chi connectivity index (χ4v) is 3.25. The predicted molar refractivity (Wildman–Crippen MR) is 114 cm³/mol. The highest BCUT2D eigenvalue weighted by Crippen LogP contribution is 2.15. The Hall–Kier alpha value is -3.65. The highest BCUT2D eigenvalue weighted by Gasteiger charge is 2.18. The molecule has 0 spiro atoms. The highest BCUT2D eigenvalue weighted by molar-refractivity contribution is 5.94. The molecule has 4 rings (SSSR count). The van der Waals surface area contributed by atoms with Crippen LogP contribution in [0.15, 0.2) is 65.1 Å². The molecule has 0 saturated carbocycles. The quantitative estimate of drug-likeness (QED) is 0.612. The number of carbonyl (C=O) groups is 2. The summed E-state index contributed by atoms with van der Waals surface area (Å²) in [5.41, 5.74) is 1.47. The third-order valence-electron chi connectivity index (χ3n) is 5.03. The van der Waals surface area contributed by atoms with Crippen molar-refractivity contribution < 1.29 is 27.9 Å². The summed E-state index contributed by atoms with van der Waals surface area (Å²) in [5.74, 6) is 0.436. The maximum Gasteiger partial charge on any atom is 0.287 e. The maximum absolute atomic E-state index is 12.9. The monoisotopic (exact) mass is 438 g/mol. The first-order chi connectivity index (χ1) is 15.6. The average Bonchev–Trinajstić information content (AvgIpc) is 3.32. The van der Waals surface area contributed by atoms with Crippen molar-refractivity contribution in [3.05, 3.63) is 89.1 Å². The number of morpholine rings is 1. The van der Waals surface area contributed by atoms with Gasteiger partial charge in [0.25, 0.3) is 11.8 Å². The fourth-order valence-electron chi connectivity index (χ4n) is 3.25. The van der Waals surface area contributed by atoms with Crippen LogP contribution in [-0.4, -0.2) is 43.0 Å². The molecule has 1 N–H and O–H groups in total. The van der Waals surface area contributed by atoms with Gasteiger partial charge in [0.2, 0.25) is 0 Å². The van der Waals surface area contributed by atoms with E-state index in [2.05, 4.69) is 5.32 Å². The molecule has 2 aromatic carbocycles. The Morgan fingerprint density at radius 3 is 2.41 bits per heavy atom. The van der Waals surface area contributed by atoms with Gasteiger partial charge in [0.1, 0.15) is 23.9 Å². The third-order valence-corrected chi connectivity index (χ3v) is 5.03. The van der Waals surface area contributed by atoms with Crippen LogP contribution in [0.2, 0.25) is 0 Å². The molecule has 2 amide bonds. The fraction of sp³-hybridized carbons (Fsp3) is 0.250. The molecule has 8 heteroatoms. The second kappa shape index (κ2) is 10.1. The summed E-state index contributed by atoms with van der Waals surface area (Å²) in [6.45, 7) is 2.73. The van der Waals surface area contributed by atoms with Crippen LogP contribution < -0.4 is 10.1 Å². The molecule has 1 aromatic heterocycles.